The van der Waals surface area contributed by atoms with E-state index in [9.17, 15) is 14.7 Å². The van der Waals surface area contributed by atoms with Crippen LogP contribution < -0.4 is 5.32 Å². The van der Waals surface area contributed by atoms with Crippen LogP contribution in [0.3, 0.4) is 0 Å². The van der Waals surface area contributed by atoms with Gasteiger partial charge in [0.25, 0.3) is 0 Å². The first-order valence-electron chi connectivity index (χ1n) is 7.34. The summed E-state index contributed by atoms with van der Waals surface area (Å²) in [6, 6.07) is 0. The van der Waals surface area contributed by atoms with E-state index < -0.39 is 11.9 Å². The molecule has 1 amide bonds. The molecule has 1 saturated carbocycles. The van der Waals surface area contributed by atoms with Crippen molar-refractivity contribution in [2.75, 3.05) is 27.2 Å². The molecule has 0 aromatic rings. The largest absolute Gasteiger partial charge is 0.481 e. The van der Waals surface area contributed by atoms with Crippen LogP contribution in [0.25, 0.3) is 0 Å². The molecule has 5 heteroatoms. The predicted octanol–water partition coefficient (Wildman–Crippen LogP) is 0.967. The minimum atomic E-state index is -0.838. The third-order valence-electron chi connectivity index (χ3n) is 4.38. The van der Waals surface area contributed by atoms with E-state index in [0.29, 0.717) is 6.54 Å². The Morgan fingerprint density at radius 1 is 1.20 bits per heavy atom. The summed E-state index contributed by atoms with van der Waals surface area (Å²) in [6.07, 6.45) is 6.75. The average molecular weight is 280 g/mol. The van der Waals surface area contributed by atoms with Crippen LogP contribution in [-0.2, 0) is 9.59 Å². The second kappa shape index (κ2) is 6.39. The van der Waals surface area contributed by atoms with Crippen LogP contribution in [0.1, 0.15) is 19.3 Å². The molecule has 5 nitrogen and oxygen atoms in total. The first kappa shape index (κ1) is 15.0. The molecule has 0 heterocycles. The third kappa shape index (κ3) is 3.20. The summed E-state index contributed by atoms with van der Waals surface area (Å²) in [4.78, 5) is 25.7. The number of hydrogen-bond acceptors (Lipinski definition) is 3. The predicted molar refractivity (Wildman–Crippen MR) is 76.2 cm³/mol. The number of carboxylic acids is 1. The van der Waals surface area contributed by atoms with Gasteiger partial charge in [0.15, 0.2) is 0 Å². The second-order valence-electron chi connectivity index (χ2n) is 6.14. The molecule has 2 unspecified atom stereocenters. The Hall–Kier alpha value is -1.36. The summed E-state index contributed by atoms with van der Waals surface area (Å²) in [7, 11) is 4.05. The minimum absolute atomic E-state index is 0.0435. The fourth-order valence-electron chi connectivity index (χ4n) is 3.40. The lowest BCUT2D eigenvalue weighted by molar-refractivity contribution is -0.147. The van der Waals surface area contributed by atoms with Crippen molar-refractivity contribution in [3.63, 3.8) is 0 Å². The van der Waals surface area contributed by atoms with E-state index in [1.54, 1.807) is 0 Å². The number of nitrogens with one attached hydrogen (secondary N) is 1. The van der Waals surface area contributed by atoms with Crippen molar-refractivity contribution in [1.29, 1.82) is 0 Å². The fourth-order valence-corrected chi connectivity index (χ4v) is 3.40. The van der Waals surface area contributed by atoms with Crippen molar-refractivity contribution < 1.29 is 14.7 Å². The summed E-state index contributed by atoms with van der Waals surface area (Å²) < 4.78 is 0. The second-order valence-corrected chi connectivity index (χ2v) is 6.14. The molecule has 20 heavy (non-hydrogen) atoms. The van der Waals surface area contributed by atoms with Gasteiger partial charge in [-0.1, -0.05) is 12.2 Å². The van der Waals surface area contributed by atoms with Gasteiger partial charge in [-0.25, -0.2) is 0 Å². The van der Waals surface area contributed by atoms with Gasteiger partial charge in [-0.15, -0.1) is 0 Å². The maximum atomic E-state index is 12.2. The summed E-state index contributed by atoms with van der Waals surface area (Å²) in [5, 5.41) is 12.2. The lowest BCUT2D eigenvalue weighted by Gasteiger charge is -2.23. The van der Waals surface area contributed by atoms with Gasteiger partial charge in [0.05, 0.1) is 11.8 Å². The Kier molecular flexibility index (Phi) is 4.81. The number of allylic oxidation sites excluding steroid dienone is 2. The number of fused-ring (bicyclic) bond motifs is 2. The Morgan fingerprint density at radius 3 is 2.45 bits per heavy atom. The Balaban J connectivity index is 1.80. The number of carboxylic acid groups (broad SMARTS) is 1. The molecule has 2 N–H and O–H groups in total. The Bertz CT molecular complexity index is 406. The highest BCUT2D eigenvalue weighted by Gasteiger charge is 2.51. The van der Waals surface area contributed by atoms with Gasteiger partial charge in [0.1, 0.15) is 0 Å². The number of hydrogen-bond donors (Lipinski definition) is 2. The number of aliphatic carboxylic acids is 1. The fraction of sp³-hybridized carbons (Fsp3) is 0.733. The molecule has 0 spiro atoms. The molecule has 112 valence electrons. The molecule has 0 aromatic carbocycles. The molecule has 4 atom stereocenters. The zero-order chi connectivity index (χ0) is 14.7. The van der Waals surface area contributed by atoms with Gasteiger partial charge < -0.3 is 15.3 Å². The van der Waals surface area contributed by atoms with Gasteiger partial charge >= 0.3 is 5.97 Å². The standard InChI is InChI=1S/C15H24N2O3/c1-17(2)8-4-3-7-16-14(18)12-10-5-6-11(9-10)13(12)15(19)20/h5-6,10-13H,3-4,7-9H2,1-2H3,(H,16,18)(H,19,20)/t10?,11?,12-,13+/m0/s1. The topological polar surface area (TPSA) is 69.6 Å². The van der Waals surface area contributed by atoms with E-state index in [-0.39, 0.29) is 23.7 Å². The molecular weight excluding hydrogens is 256 g/mol. The molecule has 2 aliphatic rings. The molecule has 2 rings (SSSR count). The van der Waals surface area contributed by atoms with Crippen molar-refractivity contribution in [3.05, 3.63) is 12.2 Å². The van der Waals surface area contributed by atoms with Crippen LogP contribution in [0.5, 0.6) is 0 Å². The van der Waals surface area contributed by atoms with Crippen LogP contribution >= 0.6 is 0 Å². The van der Waals surface area contributed by atoms with Crippen molar-refractivity contribution in [3.8, 4) is 0 Å². The number of unbranched alkanes of at least 4 members (excludes halogenated alkanes) is 1. The number of carbonyl (C=O) groups excluding carboxylic acids is 1. The summed E-state index contributed by atoms with van der Waals surface area (Å²) in [6.45, 7) is 1.64. The van der Waals surface area contributed by atoms with Crippen LogP contribution in [0.4, 0.5) is 0 Å². The van der Waals surface area contributed by atoms with E-state index in [1.165, 1.54) is 0 Å². The van der Waals surface area contributed by atoms with E-state index in [0.717, 1.165) is 25.8 Å². The minimum Gasteiger partial charge on any atom is -0.481 e. The molecular formula is C15H24N2O3. The number of amides is 1. The molecule has 0 aliphatic heterocycles. The first-order valence-corrected chi connectivity index (χ1v) is 7.34. The van der Waals surface area contributed by atoms with Crippen LogP contribution in [0.2, 0.25) is 0 Å². The third-order valence-corrected chi connectivity index (χ3v) is 4.38. The smallest absolute Gasteiger partial charge is 0.307 e. The molecule has 2 bridgehead atoms. The van der Waals surface area contributed by atoms with Gasteiger partial charge in [-0.05, 0) is 51.7 Å². The molecule has 0 aromatic heterocycles. The van der Waals surface area contributed by atoms with Crippen molar-refractivity contribution in [1.82, 2.24) is 10.2 Å². The van der Waals surface area contributed by atoms with Crippen molar-refractivity contribution >= 4 is 11.9 Å². The molecule has 1 fully saturated rings. The highest BCUT2D eigenvalue weighted by molar-refractivity contribution is 5.86. The molecule has 0 radical (unpaired) electrons. The number of nitrogens with zero attached hydrogens (tertiary/aromatic N) is 1. The Labute approximate surface area is 120 Å². The van der Waals surface area contributed by atoms with Gasteiger partial charge in [0.2, 0.25) is 5.91 Å². The highest BCUT2D eigenvalue weighted by Crippen LogP contribution is 2.48. The van der Waals surface area contributed by atoms with E-state index >= 15 is 0 Å². The first-order chi connectivity index (χ1) is 9.50. The van der Waals surface area contributed by atoms with E-state index in [1.807, 2.05) is 26.2 Å². The van der Waals surface area contributed by atoms with Crippen molar-refractivity contribution in [2.45, 2.75) is 19.3 Å². The lowest BCUT2D eigenvalue weighted by atomic mass is 9.82. The number of rotatable bonds is 7. The number of carbonyl (C=O) groups is 2. The summed E-state index contributed by atoms with van der Waals surface area (Å²) in [5.41, 5.74) is 0. The lowest BCUT2D eigenvalue weighted by Crippen LogP contribution is -2.40. The average Bonchev–Trinajstić information content (AvgIpc) is 2.97. The SMILES string of the molecule is CN(C)CCCCNC(=O)[C@H]1C2C=CC(C2)[C@H]1C(=O)O. The van der Waals surface area contributed by atoms with E-state index in [2.05, 4.69) is 10.2 Å². The normalized spacial score (nSPS) is 30.9. The Morgan fingerprint density at radius 2 is 1.85 bits per heavy atom. The van der Waals surface area contributed by atoms with Gasteiger partial charge in [-0.2, -0.15) is 0 Å². The zero-order valence-corrected chi connectivity index (χ0v) is 12.2. The summed E-state index contributed by atoms with van der Waals surface area (Å²) in [5.74, 6) is -1.68. The maximum absolute atomic E-state index is 12.2. The quantitative estimate of drug-likeness (QED) is 0.538. The van der Waals surface area contributed by atoms with E-state index in [4.69, 9.17) is 0 Å². The zero-order valence-electron chi connectivity index (χ0n) is 12.2. The van der Waals surface area contributed by atoms with Crippen LogP contribution in [0, 0.1) is 23.7 Å². The van der Waals surface area contributed by atoms with Crippen LogP contribution in [0.15, 0.2) is 12.2 Å². The van der Waals surface area contributed by atoms with Gasteiger partial charge in [-0.3, -0.25) is 9.59 Å². The van der Waals surface area contributed by atoms with Crippen molar-refractivity contribution in [2.24, 2.45) is 23.7 Å². The summed E-state index contributed by atoms with van der Waals surface area (Å²) >= 11 is 0. The molecule has 0 saturated heterocycles. The monoisotopic (exact) mass is 280 g/mol. The maximum Gasteiger partial charge on any atom is 0.307 e. The van der Waals surface area contributed by atoms with Crippen LogP contribution in [-0.4, -0.2) is 49.1 Å². The van der Waals surface area contributed by atoms with Gasteiger partial charge in [0, 0.05) is 6.54 Å². The molecule has 2 aliphatic carbocycles. The highest BCUT2D eigenvalue weighted by atomic mass is 16.4.